The van der Waals surface area contributed by atoms with Crippen LogP contribution in [-0.4, -0.2) is 16.1 Å². The molecular formula is C16H19NO2S. The molecule has 0 saturated heterocycles. The SMILES string of the molecule is CCC(CC)c1nc(-c2ccccc2)c(CC(=O)O)s1. The Hall–Kier alpha value is -1.68. The van der Waals surface area contributed by atoms with Crippen molar-refractivity contribution in [2.45, 2.75) is 39.0 Å². The summed E-state index contributed by atoms with van der Waals surface area (Å²) in [6.45, 7) is 4.29. The molecule has 4 heteroatoms. The zero-order chi connectivity index (χ0) is 14.5. The summed E-state index contributed by atoms with van der Waals surface area (Å²) >= 11 is 1.55. The highest BCUT2D eigenvalue weighted by Gasteiger charge is 2.19. The molecule has 20 heavy (non-hydrogen) atoms. The molecule has 0 spiro atoms. The summed E-state index contributed by atoms with van der Waals surface area (Å²) in [6.07, 6.45) is 2.11. The van der Waals surface area contributed by atoms with Crippen molar-refractivity contribution in [1.29, 1.82) is 0 Å². The van der Waals surface area contributed by atoms with Gasteiger partial charge in [-0.3, -0.25) is 4.79 Å². The number of aliphatic carboxylic acids is 1. The molecule has 0 radical (unpaired) electrons. The van der Waals surface area contributed by atoms with Crippen molar-refractivity contribution in [3.05, 3.63) is 40.2 Å². The first-order chi connectivity index (χ1) is 9.65. The van der Waals surface area contributed by atoms with Gasteiger partial charge in [-0.25, -0.2) is 4.98 Å². The van der Waals surface area contributed by atoms with Crippen LogP contribution in [0.15, 0.2) is 30.3 Å². The molecule has 0 aliphatic heterocycles. The molecular weight excluding hydrogens is 270 g/mol. The molecule has 0 bridgehead atoms. The first kappa shape index (κ1) is 14.7. The number of rotatable bonds is 6. The van der Waals surface area contributed by atoms with E-state index in [0.29, 0.717) is 5.92 Å². The topological polar surface area (TPSA) is 50.2 Å². The number of nitrogens with zero attached hydrogens (tertiary/aromatic N) is 1. The molecule has 0 saturated carbocycles. The lowest BCUT2D eigenvalue weighted by Gasteiger charge is -2.07. The van der Waals surface area contributed by atoms with E-state index in [1.54, 1.807) is 11.3 Å². The third-order valence-corrected chi connectivity index (χ3v) is 4.63. The fourth-order valence-electron chi connectivity index (χ4n) is 2.26. The normalized spacial score (nSPS) is 10.9. The summed E-state index contributed by atoms with van der Waals surface area (Å²) in [7, 11) is 0. The van der Waals surface area contributed by atoms with Gasteiger partial charge >= 0.3 is 5.97 Å². The number of hydrogen-bond acceptors (Lipinski definition) is 3. The van der Waals surface area contributed by atoms with Gasteiger partial charge in [-0.15, -0.1) is 11.3 Å². The van der Waals surface area contributed by atoms with Crippen molar-refractivity contribution >= 4 is 17.3 Å². The molecule has 0 amide bonds. The molecule has 0 fully saturated rings. The van der Waals surface area contributed by atoms with Crippen LogP contribution in [0.25, 0.3) is 11.3 Å². The van der Waals surface area contributed by atoms with E-state index in [0.717, 1.165) is 34.0 Å². The molecule has 1 aromatic heterocycles. The largest absolute Gasteiger partial charge is 0.481 e. The van der Waals surface area contributed by atoms with Gasteiger partial charge in [0.1, 0.15) is 0 Å². The van der Waals surface area contributed by atoms with Crippen LogP contribution in [-0.2, 0) is 11.2 Å². The molecule has 1 heterocycles. The first-order valence-electron chi connectivity index (χ1n) is 6.92. The Kier molecular flexibility index (Phi) is 4.90. The summed E-state index contributed by atoms with van der Waals surface area (Å²) in [5.41, 5.74) is 1.83. The van der Waals surface area contributed by atoms with Crippen LogP contribution in [0.2, 0.25) is 0 Å². The maximum absolute atomic E-state index is 11.0. The number of hydrogen-bond donors (Lipinski definition) is 1. The second-order valence-corrected chi connectivity index (χ2v) is 5.89. The lowest BCUT2D eigenvalue weighted by atomic mass is 10.0. The molecule has 0 aliphatic carbocycles. The number of carbonyl (C=O) groups is 1. The zero-order valence-electron chi connectivity index (χ0n) is 11.8. The number of carboxylic acids is 1. The van der Waals surface area contributed by atoms with E-state index in [2.05, 4.69) is 13.8 Å². The van der Waals surface area contributed by atoms with Crippen LogP contribution in [0.1, 0.15) is 42.5 Å². The average molecular weight is 289 g/mol. The number of benzene rings is 1. The monoisotopic (exact) mass is 289 g/mol. The van der Waals surface area contributed by atoms with E-state index in [4.69, 9.17) is 10.1 Å². The molecule has 106 valence electrons. The molecule has 1 aromatic carbocycles. The third-order valence-electron chi connectivity index (χ3n) is 3.41. The summed E-state index contributed by atoms with van der Waals surface area (Å²) in [4.78, 5) is 16.6. The molecule has 0 aliphatic rings. The maximum atomic E-state index is 11.0. The molecule has 3 nitrogen and oxygen atoms in total. The summed E-state index contributed by atoms with van der Waals surface area (Å²) in [5.74, 6) is -0.382. The van der Waals surface area contributed by atoms with Crippen LogP contribution >= 0.6 is 11.3 Å². The second kappa shape index (κ2) is 6.66. The van der Waals surface area contributed by atoms with Crippen molar-refractivity contribution < 1.29 is 9.90 Å². The minimum atomic E-state index is -0.804. The minimum Gasteiger partial charge on any atom is -0.481 e. The lowest BCUT2D eigenvalue weighted by Crippen LogP contribution is -1.99. The van der Waals surface area contributed by atoms with E-state index in [9.17, 15) is 4.79 Å². The van der Waals surface area contributed by atoms with Gasteiger partial charge < -0.3 is 5.11 Å². The van der Waals surface area contributed by atoms with Gasteiger partial charge in [-0.05, 0) is 12.8 Å². The Morgan fingerprint density at radius 2 is 1.90 bits per heavy atom. The molecule has 2 aromatic rings. The van der Waals surface area contributed by atoms with E-state index in [1.807, 2.05) is 30.3 Å². The molecule has 0 atom stereocenters. The van der Waals surface area contributed by atoms with E-state index < -0.39 is 5.97 Å². The van der Waals surface area contributed by atoms with Crippen LogP contribution in [0, 0.1) is 0 Å². The maximum Gasteiger partial charge on any atom is 0.308 e. The minimum absolute atomic E-state index is 0.0437. The number of carboxylic acid groups (broad SMARTS) is 1. The van der Waals surface area contributed by atoms with Crippen molar-refractivity contribution in [1.82, 2.24) is 4.98 Å². The van der Waals surface area contributed by atoms with Gasteiger partial charge in [0.05, 0.1) is 17.1 Å². The average Bonchev–Trinajstić information content (AvgIpc) is 2.84. The highest BCUT2D eigenvalue weighted by atomic mass is 32.1. The van der Waals surface area contributed by atoms with Crippen molar-refractivity contribution in [2.75, 3.05) is 0 Å². The highest BCUT2D eigenvalue weighted by molar-refractivity contribution is 7.12. The van der Waals surface area contributed by atoms with Gasteiger partial charge in [0.25, 0.3) is 0 Å². The summed E-state index contributed by atoms with van der Waals surface area (Å²) < 4.78 is 0. The Bertz CT molecular complexity index is 573. The third kappa shape index (κ3) is 3.25. The van der Waals surface area contributed by atoms with Gasteiger partial charge in [-0.2, -0.15) is 0 Å². The van der Waals surface area contributed by atoms with Crippen molar-refractivity contribution in [3.63, 3.8) is 0 Å². The number of aromatic nitrogens is 1. The smallest absolute Gasteiger partial charge is 0.308 e. The quantitative estimate of drug-likeness (QED) is 0.860. The van der Waals surface area contributed by atoms with Crippen LogP contribution in [0.3, 0.4) is 0 Å². The first-order valence-corrected chi connectivity index (χ1v) is 7.74. The molecule has 0 unspecified atom stereocenters. The van der Waals surface area contributed by atoms with Gasteiger partial charge in [-0.1, -0.05) is 44.2 Å². The predicted octanol–water partition coefficient (Wildman–Crippen LogP) is 4.34. The highest BCUT2D eigenvalue weighted by Crippen LogP contribution is 2.34. The molecule has 2 rings (SSSR count). The Morgan fingerprint density at radius 1 is 1.25 bits per heavy atom. The fraction of sp³-hybridized carbons (Fsp3) is 0.375. The fourth-order valence-corrected chi connectivity index (χ4v) is 3.61. The van der Waals surface area contributed by atoms with Crippen LogP contribution < -0.4 is 0 Å². The summed E-state index contributed by atoms with van der Waals surface area (Å²) in [6, 6.07) is 9.83. The van der Waals surface area contributed by atoms with Crippen LogP contribution in [0.4, 0.5) is 0 Å². The van der Waals surface area contributed by atoms with Crippen LogP contribution in [0.5, 0.6) is 0 Å². The molecule has 1 N–H and O–H groups in total. The van der Waals surface area contributed by atoms with E-state index >= 15 is 0 Å². The standard InChI is InChI=1S/C16H19NO2S/c1-3-11(4-2)16-17-15(12-8-6-5-7-9-12)13(20-16)10-14(18)19/h5-9,11H,3-4,10H2,1-2H3,(H,18,19). The second-order valence-electron chi connectivity index (χ2n) is 4.77. The Morgan fingerprint density at radius 3 is 2.45 bits per heavy atom. The summed E-state index contributed by atoms with van der Waals surface area (Å²) in [5, 5.41) is 10.1. The lowest BCUT2D eigenvalue weighted by molar-refractivity contribution is -0.136. The predicted molar refractivity (Wildman–Crippen MR) is 82.2 cm³/mol. The Labute approximate surface area is 123 Å². The van der Waals surface area contributed by atoms with E-state index in [1.165, 1.54) is 0 Å². The Balaban J connectivity index is 2.45. The van der Waals surface area contributed by atoms with E-state index in [-0.39, 0.29) is 6.42 Å². The zero-order valence-corrected chi connectivity index (χ0v) is 12.6. The van der Waals surface area contributed by atoms with Gasteiger partial charge in [0, 0.05) is 16.4 Å². The van der Waals surface area contributed by atoms with Gasteiger partial charge in [0.15, 0.2) is 0 Å². The van der Waals surface area contributed by atoms with Crippen molar-refractivity contribution in [2.24, 2.45) is 0 Å². The van der Waals surface area contributed by atoms with Gasteiger partial charge in [0.2, 0.25) is 0 Å². The number of thiazole rings is 1. The van der Waals surface area contributed by atoms with Crippen molar-refractivity contribution in [3.8, 4) is 11.3 Å².